The SMILES string of the molecule is CC(=O)Nc1ccc(NS(=O)(=O)c2ccc3c(c2)CN(C(C)=O)CC3)cc1. The number of hydrogen-bond donors (Lipinski definition) is 2. The third kappa shape index (κ3) is 4.46. The molecule has 0 saturated carbocycles. The third-order valence-corrected chi connectivity index (χ3v) is 5.78. The maximum Gasteiger partial charge on any atom is 0.261 e. The van der Waals surface area contributed by atoms with Gasteiger partial charge in [-0.15, -0.1) is 0 Å². The van der Waals surface area contributed by atoms with Crippen molar-refractivity contribution in [3.63, 3.8) is 0 Å². The molecule has 0 atom stereocenters. The minimum absolute atomic E-state index is 0.0219. The van der Waals surface area contributed by atoms with Crippen molar-refractivity contribution in [2.75, 3.05) is 16.6 Å². The summed E-state index contributed by atoms with van der Waals surface area (Å²) in [6.45, 7) is 3.98. The van der Waals surface area contributed by atoms with Crippen LogP contribution in [0.4, 0.5) is 11.4 Å². The Morgan fingerprint density at radius 1 is 0.963 bits per heavy atom. The second-order valence-corrected chi connectivity index (χ2v) is 8.17. The van der Waals surface area contributed by atoms with Crippen LogP contribution in [0, 0.1) is 0 Å². The molecular weight excluding hydrogens is 366 g/mol. The molecule has 0 spiro atoms. The molecule has 1 heterocycles. The van der Waals surface area contributed by atoms with E-state index in [0.717, 1.165) is 11.1 Å². The minimum Gasteiger partial charge on any atom is -0.338 e. The van der Waals surface area contributed by atoms with E-state index in [-0.39, 0.29) is 16.7 Å². The van der Waals surface area contributed by atoms with Crippen LogP contribution in [0.15, 0.2) is 47.4 Å². The molecule has 0 bridgehead atoms. The molecule has 0 fully saturated rings. The Labute approximate surface area is 158 Å². The van der Waals surface area contributed by atoms with Gasteiger partial charge in [0.2, 0.25) is 11.8 Å². The van der Waals surface area contributed by atoms with E-state index < -0.39 is 10.0 Å². The number of sulfonamides is 1. The summed E-state index contributed by atoms with van der Waals surface area (Å²) < 4.78 is 27.9. The first-order valence-corrected chi connectivity index (χ1v) is 10.0. The molecule has 3 rings (SSSR count). The van der Waals surface area contributed by atoms with E-state index in [1.54, 1.807) is 47.4 Å². The predicted molar refractivity (Wildman–Crippen MR) is 103 cm³/mol. The average molecular weight is 387 g/mol. The zero-order valence-electron chi connectivity index (χ0n) is 15.2. The molecule has 7 nitrogen and oxygen atoms in total. The Bertz CT molecular complexity index is 985. The first-order valence-electron chi connectivity index (χ1n) is 8.52. The summed E-state index contributed by atoms with van der Waals surface area (Å²) in [6, 6.07) is 11.4. The van der Waals surface area contributed by atoms with Gasteiger partial charge in [-0.05, 0) is 53.9 Å². The molecule has 2 aromatic carbocycles. The summed E-state index contributed by atoms with van der Waals surface area (Å²) in [4.78, 5) is 24.5. The van der Waals surface area contributed by atoms with Crippen molar-refractivity contribution in [1.82, 2.24) is 4.90 Å². The molecule has 0 aromatic heterocycles. The molecule has 8 heteroatoms. The Morgan fingerprint density at radius 2 is 1.63 bits per heavy atom. The molecule has 0 aliphatic carbocycles. The van der Waals surface area contributed by atoms with Crippen LogP contribution in [0.3, 0.4) is 0 Å². The van der Waals surface area contributed by atoms with E-state index in [4.69, 9.17) is 0 Å². The third-order valence-electron chi connectivity index (χ3n) is 4.40. The van der Waals surface area contributed by atoms with Crippen molar-refractivity contribution in [3.8, 4) is 0 Å². The maximum atomic E-state index is 12.7. The molecule has 1 aliphatic heterocycles. The van der Waals surface area contributed by atoms with Crippen molar-refractivity contribution in [2.45, 2.75) is 31.7 Å². The van der Waals surface area contributed by atoms with Gasteiger partial charge in [-0.25, -0.2) is 8.42 Å². The van der Waals surface area contributed by atoms with Gasteiger partial charge in [0.1, 0.15) is 0 Å². The molecule has 0 radical (unpaired) electrons. The molecular formula is C19H21N3O4S. The highest BCUT2D eigenvalue weighted by Gasteiger charge is 2.21. The zero-order valence-corrected chi connectivity index (χ0v) is 16.0. The highest BCUT2D eigenvalue weighted by molar-refractivity contribution is 7.92. The first kappa shape index (κ1) is 18.9. The van der Waals surface area contributed by atoms with Crippen molar-refractivity contribution in [1.29, 1.82) is 0 Å². The largest absolute Gasteiger partial charge is 0.338 e. The van der Waals surface area contributed by atoms with E-state index in [0.29, 0.717) is 30.9 Å². The lowest BCUT2D eigenvalue weighted by molar-refractivity contribution is -0.129. The van der Waals surface area contributed by atoms with E-state index in [2.05, 4.69) is 10.0 Å². The standard InChI is InChI=1S/C19H21N3O4S/c1-13(23)20-17-4-6-18(7-5-17)21-27(25,26)19-8-3-15-9-10-22(14(2)24)12-16(15)11-19/h3-8,11,21H,9-10,12H2,1-2H3,(H,20,23). The van der Waals surface area contributed by atoms with E-state index in [1.807, 2.05) is 0 Å². The van der Waals surface area contributed by atoms with Crippen molar-refractivity contribution in [2.24, 2.45) is 0 Å². The Kier molecular flexibility index (Phi) is 5.18. The lowest BCUT2D eigenvalue weighted by atomic mass is 10.00. The van der Waals surface area contributed by atoms with Gasteiger partial charge in [-0.2, -0.15) is 0 Å². The predicted octanol–water partition coefficient (Wildman–Crippen LogP) is 2.35. The van der Waals surface area contributed by atoms with Crippen molar-refractivity contribution < 1.29 is 18.0 Å². The number of nitrogens with one attached hydrogen (secondary N) is 2. The van der Waals surface area contributed by atoms with Crippen LogP contribution in [0.25, 0.3) is 0 Å². The van der Waals surface area contributed by atoms with Gasteiger partial charge in [0.15, 0.2) is 0 Å². The molecule has 2 aromatic rings. The Balaban J connectivity index is 1.80. The van der Waals surface area contributed by atoms with Crippen molar-refractivity contribution >= 4 is 33.2 Å². The highest BCUT2D eigenvalue weighted by atomic mass is 32.2. The van der Waals surface area contributed by atoms with Gasteiger partial charge in [-0.1, -0.05) is 6.07 Å². The smallest absolute Gasteiger partial charge is 0.261 e. The summed E-state index contributed by atoms with van der Waals surface area (Å²) in [6.07, 6.45) is 0.716. The second kappa shape index (κ2) is 7.40. The monoisotopic (exact) mass is 387 g/mol. The minimum atomic E-state index is -3.76. The fourth-order valence-electron chi connectivity index (χ4n) is 3.01. The van der Waals surface area contributed by atoms with Gasteiger partial charge < -0.3 is 10.2 Å². The van der Waals surface area contributed by atoms with E-state index in [1.165, 1.54) is 13.8 Å². The van der Waals surface area contributed by atoms with Gasteiger partial charge in [0, 0.05) is 38.3 Å². The molecule has 0 unspecified atom stereocenters. The Hall–Kier alpha value is -2.87. The van der Waals surface area contributed by atoms with Gasteiger partial charge in [0.05, 0.1) is 4.90 Å². The molecule has 2 amide bonds. The van der Waals surface area contributed by atoms with Gasteiger partial charge in [0.25, 0.3) is 10.0 Å². The number of nitrogens with zero attached hydrogens (tertiary/aromatic N) is 1. The van der Waals surface area contributed by atoms with Crippen LogP contribution in [-0.4, -0.2) is 31.7 Å². The summed E-state index contributed by atoms with van der Waals surface area (Å²) in [5.74, 6) is -0.219. The quantitative estimate of drug-likeness (QED) is 0.842. The lowest BCUT2D eigenvalue weighted by Gasteiger charge is -2.28. The van der Waals surface area contributed by atoms with Crippen LogP contribution in [0.1, 0.15) is 25.0 Å². The lowest BCUT2D eigenvalue weighted by Crippen LogP contribution is -2.34. The molecule has 27 heavy (non-hydrogen) atoms. The fourth-order valence-corrected chi connectivity index (χ4v) is 4.12. The molecule has 1 aliphatic rings. The van der Waals surface area contributed by atoms with Crippen LogP contribution < -0.4 is 10.0 Å². The number of fused-ring (bicyclic) bond motifs is 1. The number of hydrogen-bond acceptors (Lipinski definition) is 4. The number of amides is 2. The summed E-state index contributed by atoms with van der Waals surface area (Å²) in [5, 5.41) is 2.63. The normalized spacial score (nSPS) is 13.6. The van der Waals surface area contributed by atoms with Crippen LogP contribution >= 0.6 is 0 Å². The highest BCUT2D eigenvalue weighted by Crippen LogP contribution is 2.24. The number of carbonyl (C=O) groups is 2. The van der Waals surface area contributed by atoms with E-state index in [9.17, 15) is 18.0 Å². The molecule has 0 saturated heterocycles. The van der Waals surface area contributed by atoms with Crippen LogP contribution in [0.2, 0.25) is 0 Å². The Morgan fingerprint density at radius 3 is 2.26 bits per heavy atom. The first-order chi connectivity index (χ1) is 12.7. The topological polar surface area (TPSA) is 95.6 Å². The average Bonchev–Trinajstić information content (AvgIpc) is 2.61. The summed E-state index contributed by atoms with van der Waals surface area (Å²) >= 11 is 0. The molecule has 142 valence electrons. The maximum absolute atomic E-state index is 12.7. The number of anilines is 2. The number of carbonyl (C=O) groups excluding carboxylic acids is 2. The molecule has 2 N–H and O–H groups in total. The second-order valence-electron chi connectivity index (χ2n) is 6.49. The fraction of sp³-hybridized carbons (Fsp3) is 0.263. The number of rotatable bonds is 4. The number of benzene rings is 2. The van der Waals surface area contributed by atoms with Crippen LogP contribution in [-0.2, 0) is 32.6 Å². The van der Waals surface area contributed by atoms with E-state index >= 15 is 0 Å². The van der Waals surface area contributed by atoms with Gasteiger partial charge >= 0.3 is 0 Å². The van der Waals surface area contributed by atoms with Crippen molar-refractivity contribution in [3.05, 3.63) is 53.6 Å². The van der Waals surface area contributed by atoms with Crippen LogP contribution in [0.5, 0.6) is 0 Å². The van der Waals surface area contributed by atoms with Gasteiger partial charge in [-0.3, -0.25) is 14.3 Å². The summed E-state index contributed by atoms with van der Waals surface area (Å²) in [5.41, 5.74) is 2.89. The zero-order chi connectivity index (χ0) is 19.6. The summed E-state index contributed by atoms with van der Waals surface area (Å²) in [7, 11) is -3.76.